The van der Waals surface area contributed by atoms with Gasteiger partial charge in [0.05, 0.1) is 18.6 Å². The number of amides is 1. The molecule has 1 atom stereocenters. The summed E-state index contributed by atoms with van der Waals surface area (Å²) in [5, 5.41) is 21.1. The Bertz CT molecular complexity index is 992. The first-order chi connectivity index (χ1) is 15.8. The summed E-state index contributed by atoms with van der Waals surface area (Å²) in [5.74, 6) is -4.04. The van der Waals surface area contributed by atoms with Crippen molar-refractivity contribution in [3.63, 3.8) is 0 Å². The fraction of sp³-hybridized carbons (Fsp3) is 0.160. The standard InChI is InChI=1S/C23H23FN2O.C2H2O4/c1-17(18-12-14-21(24)15-13-18)26-22(27)16-25-23(19-8-4-2-5-9-19)20-10-6-3-7-11-20;3-1(4)2(5)6/h2-15,17,23,25H,16H2,1H3,(H,26,27);(H,3,4)(H,5,6). The number of aliphatic carboxylic acids is 2. The van der Waals surface area contributed by atoms with E-state index in [1.807, 2.05) is 67.6 Å². The van der Waals surface area contributed by atoms with Gasteiger partial charge in [-0.2, -0.15) is 0 Å². The van der Waals surface area contributed by atoms with E-state index in [2.05, 4.69) is 10.6 Å². The molecule has 0 saturated carbocycles. The summed E-state index contributed by atoms with van der Waals surface area (Å²) in [6.07, 6.45) is 0. The van der Waals surface area contributed by atoms with Gasteiger partial charge in [0.1, 0.15) is 5.82 Å². The van der Waals surface area contributed by atoms with E-state index >= 15 is 0 Å². The van der Waals surface area contributed by atoms with Crippen molar-refractivity contribution in [3.8, 4) is 0 Å². The molecule has 0 spiro atoms. The van der Waals surface area contributed by atoms with Crippen LogP contribution in [-0.2, 0) is 14.4 Å². The number of carboxylic acids is 2. The highest BCUT2D eigenvalue weighted by Gasteiger charge is 2.16. The lowest BCUT2D eigenvalue weighted by atomic mass is 9.99. The molecule has 0 radical (unpaired) electrons. The van der Waals surface area contributed by atoms with E-state index in [-0.39, 0.29) is 30.4 Å². The van der Waals surface area contributed by atoms with Crippen molar-refractivity contribution in [2.75, 3.05) is 6.54 Å². The predicted molar refractivity (Wildman–Crippen MR) is 121 cm³/mol. The first kappa shape index (κ1) is 25.2. The zero-order valence-electron chi connectivity index (χ0n) is 17.9. The summed E-state index contributed by atoms with van der Waals surface area (Å²) in [5.41, 5.74) is 3.07. The fourth-order valence-corrected chi connectivity index (χ4v) is 3.04. The number of benzene rings is 3. The van der Waals surface area contributed by atoms with Gasteiger partial charge in [0.2, 0.25) is 5.91 Å². The van der Waals surface area contributed by atoms with E-state index in [1.165, 1.54) is 12.1 Å². The second kappa shape index (κ2) is 12.7. The van der Waals surface area contributed by atoms with Gasteiger partial charge in [0.15, 0.2) is 0 Å². The molecule has 1 amide bonds. The van der Waals surface area contributed by atoms with Crippen LogP contribution in [0.1, 0.15) is 35.7 Å². The predicted octanol–water partition coefficient (Wildman–Crippen LogP) is 3.54. The maximum Gasteiger partial charge on any atom is 0.414 e. The fourth-order valence-electron chi connectivity index (χ4n) is 3.04. The van der Waals surface area contributed by atoms with Crippen LogP contribution < -0.4 is 10.6 Å². The summed E-state index contributed by atoms with van der Waals surface area (Å²) in [4.78, 5) is 30.6. The summed E-state index contributed by atoms with van der Waals surface area (Å²) < 4.78 is 13.0. The summed E-state index contributed by atoms with van der Waals surface area (Å²) >= 11 is 0. The minimum absolute atomic E-state index is 0.0701. The molecule has 0 aliphatic carbocycles. The molecule has 7 nitrogen and oxygen atoms in total. The molecule has 3 aromatic carbocycles. The smallest absolute Gasteiger partial charge is 0.414 e. The van der Waals surface area contributed by atoms with Gasteiger partial charge in [-0.05, 0) is 35.7 Å². The minimum atomic E-state index is -1.82. The molecule has 0 heterocycles. The van der Waals surface area contributed by atoms with Crippen LogP contribution in [-0.4, -0.2) is 34.6 Å². The number of hydrogen-bond donors (Lipinski definition) is 4. The molecular formula is C25H25FN2O5. The maximum absolute atomic E-state index is 13.0. The van der Waals surface area contributed by atoms with Crippen LogP contribution in [0.3, 0.4) is 0 Å². The Balaban J connectivity index is 0.000000569. The minimum Gasteiger partial charge on any atom is -0.473 e. The highest BCUT2D eigenvalue weighted by Crippen LogP contribution is 2.21. The average Bonchev–Trinajstić information content (AvgIpc) is 2.81. The van der Waals surface area contributed by atoms with Crippen LogP contribution in [0.4, 0.5) is 4.39 Å². The number of carbonyl (C=O) groups is 3. The topological polar surface area (TPSA) is 116 Å². The first-order valence-electron chi connectivity index (χ1n) is 10.1. The number of hydrogen-bond acceptors (Lipinski definition) is 4. The SMILES string of the molecule is CC(NC(=O)CNC(c1ccccc1)c1ccccc1)c1ccc(F)cc1.O=C(O)C(=O)O. The lowest BCUT2D eigenvalue weighted by Gasteiger charge is -2.21. The number of rotatable bonds is 7. The zero-order valence-corrected chi connectivity index (χ0v) is 17.9. The van der Waals surface area contributed by atoms with Crippen molar-refractivity contribution in [1.29, 1.82) is 0 Å². The first-order valence-corrected chi connectivity index (χ1v) is 10.1. The molecule has 3 rings (SSSR count). The lowest BCUT2D eigenvalue weighted by Crippen LogP contribution is -2.37. The Hall–Kier alpha value is -4.04. The van der Waals surface area contributed by atoms with Gasteiger partial charge in [-0.3, -0.25) is 10.1 Å². The lowest BCUT2D eigenvalue weighted by molar-refractivity contribution is -0.159. The van der Waals surface area contributed by atoms with E-state index in [4.69, 9.17) is 19.8 Å². The van der Waals surface area contributed by atoms with Gasteiger partial charge in [-0.25, -0.2) is 14.0 Å². The Kier molecular flexibility index (Phi) is 9.73. The highest BCUT2D eigenvalue weighted by atomic mass is 19.1. The molecule has 172 valence electrons. The normalized spacial score (nSPS) is 11.1. The summed E-state index contributed by atoms with van der Waals surface area (Å²) in [7, 11) is 0. The molecule has 0 fully saturated rings. The number of halogens is 1. The van der Waals surface area contributed by atoms with Gasteiger partial charge in [-0.1, -0.05) is 72.8 Å². The molecular weight excluding hydrogens is 427 g/mol. The summed E-state index contributed by atoms with van der Waals surface area (Å²) in [6.45, 7) is 2.07. The quantitative estimate of drug-likeness (QED) is 0.408. The van der Waals surface area contributed by atoms with Crippen LogP contribution in [0.25, 0.3) is 0 Å². The third-order valence-electron chi connectivity index (χ3n) is 4.66. The molecule has 1 unspecified atom stereocenters. The highest BCUT2D eigenvalue weighted by molar-refractivity contribution is 6.27. The van der Waals surface area contributed by atoms with Gasteiger partial charge in [0, 0.05) is 0 Å². The second-order valence-corrected chi connectivity index (χ2v) is 7.09. The van der Waals surface area contributed by atoms with Gasteiger partial charge in [-0.15, -0.1) is 0 Å². The van der Waals surface area contributed by atoms with Crippen LogP contribution in [0.15, 0.2) is 84.9 Å². The number of nitrogens with one attached hydrogen (secondary N) is 2. The molecule has 0 aliphatic rings. The molecule has 3 aromatic rings. The monoisotopic (exact) mass is 452 g/mol. The molecule has 4 N–H and O–H groups in total. The van der Waals surface area contributed by atoms with E-state index in [0.29, 0.717) is 0 Å². The largest absolute Gasteiger partial charge is 0.473 e. The van der Waals surface area contributed by atoms with Crippen molar-refractivity contribution in [2.24, 2.45) is 0 Å². The van der Waals surface area contributed by atoms with E-state index in [1.54, 1.807) is 12.1 Å². The van der Waals surface area contributed by atoms with E-state index in [0.717, 1.165) is 16.7 Å². The molecule has 33 heavy (non-hydrogen) atoms. The van der Waals surface area contributed by atoms with Gasteiger partial charge >= 0.3 is 11.9 Å². The van der Waals surface area contributed by atoms with Crippen molar-refractivity contribution in [1.82, 2.24) is 10.6 Å². The van der Waals surface area contributed by atoms with Crippen molar-refractivity contribution in [3.05, 3.63) is 107 Å². The van der Waals surface area contributed by atoms with Crippen molar-refractivity contribution >= 4 is 17.8 Å². The Morgan fingerprint density at radius 3 is 1.64 bits per heavy atom. The third-order valence-corrected chi connectivity index (χ3v) is 4.66. The second-order valence-electron chi connectivity index (χ2n) is 7.09. The molecule has 0 saturated heterocycles. The Morgan fingerprint density at radius 2 is 1.21 bits per heavy atom. The van der Waals surface area contributed by atoms with E-state index < -0.39 is 11.9 Å². The third kappa shape index (κ3) is 8.54. The van der Waals surface area contributed by atoms with Crippen LogP contribution in [0.2, 0.25) is 0 Å². The van der Waals surface area contributed by atoms with Crippen molar-refractivity contribution < 1.29 is 29.0 Å². The summed E-state index contributed by atoms with van der Waals surface area (Å²) in [6, 6.07) is 26.0. The molecule has 0 aromatic heterocycles. The van der Waals surface area contributed by atoms with E-state index in [9.17, 15) is 9.18 Å². The zero-order chi connectivity index (χ0) is 24.2. The Labute approximate surface area is 190 Å². The maximum atomic E-state index is 13.0. The van der Waals surface area contributed by atoms with Gasteiger partial charge in [0.25, 0.3) is 0 Å². The van der Waals surface area contributed by atoms with Crippen LogP contribution in [0, 0.1) is 5.82 Å². The number of carbonyl (C=O) groups excluding carboxylic acids is 1. The van der Waals surface area contributed by atoms with Crippen LogP contribution in [0.5, 0.6) is 0 Å². The molecule has 0 bridgehead atoms. The van der Waals surface area contributed by atoms with Crippen molar-refractivity contribution in [2.45, 2.75) is 19.0 Å². The number of carboxylic acid groups (broad SMARTS) is 2. The van der Waals surface area contributed by atoms with Crippen LogP contribution >= 0.6 is 0 Å². The molecule has 0 aliphatic heterocycles. The molecule has 8 heteroatoms. The Morgan fingerprint density at radius 1 is 0.758 bits per heavy atom. The average molecular weight is 452 g/mol. The van der Waals surface area contributed by atoms with Gasteiger partial charge < -0.3 is 15.5 Å².